The smallest absolute Gasteiger partial charge is 0.172 e. The fourth-order valence-electron chi connectivity index (χ4n) is 3.87. The van der Waals surface area contributed by atoms with Gasteiger partial charge in [-0.05, 0) is 60.1 Å². The molecule has 3 rings (SSSR count). The Hall–Kier alpha value is -2.52. The van der Waals surface area contributed by atoms with E-state index in [9.17, 15) is 9.90 Å². The minimum atomic E-state index is -0.995. The lowest BCUT2D eigenvalue weighted by atomic mass is 10.1. The van der Waals surface area contributed by atoms with Gasteiger partial charge in [0.25, 0.3) is 0 Å². The number of carboxylic acids is 1. The van der Waals surface area contributed by atoms with Gasteiger partial charge in [0, 0.05) is 28.2 Å². The highest BCUT2D eigenvalue weighted by molar-refractivity contribution is 7.97. The standard InChI is InChI=1S/C24H27S.C3H6O2/c1-16-12-18(3)23(19(4)13-16)25(22-10-8-7-9-11-22)24-20(5)14-17(2)15-21(24)6;1-2-3(4)5/h7-15H,1-6H3;2H2,1H3,(H,4,5)/q+1;/p-1. The Morgan fingerprint density at radius 1 is 0.733 bits per heavy atom. The number of aliphatic carboxylic acids is 1. The summed E-state index contributed by atoms with van der Waals surface area (Å²) < 4.78 is 0. The molecule has 0 atom stereocenters. The van der Waals surface area contributed by atoms with E-state index in [1.54, 1.807) is 0 Å². The van der Waals surface area contributed by atoms with Gasteiger partial charge in [-0.2, -0.15) is 0 Å². The van der Waals surface area contributed by atoms with Crippen molar-refractivity contribution in [2.24, 2.45) is 0 Å². The van der Waals surface area contributed by atoms with E-state index in [4.69, 9.17) is 0 Å². The molecule has 3 aromatic carbocycles. The van der Waals surface area contributed by atoms with Crippen LogP contribution in [0.4, 0.5) is 0 Å². The maximum Gasteiger partial charge on any atom is 0.172 e. The summed E-state index contributed by atoms with van der Waals surface area (Å²) in [6.07, 6.45) is 0.111. The van der Waals surface area contributed by atoms with Gasteiger partial charge in [-0.25, -0.2) is 0 Å². The maximum absolute atomic E-state index is 9.26. The first-order valence-corrected chi connectivity index (χ1v) is 11.5. The first-order valence-electron chi connectivity index (χ1n) is 10.3. The molecule has 3 heteroatoms. The number of hydrogen-bond donors (Lipinski definition) is 0. The van der Waals surface area contributed by atoms with Crippen LogP contribution in [0.3, 0.4) is 0 Å². The minimum Gasteiger partial charge on any atom is -0.550 e. The number of carbonyl (C=O) groups is 1. The van der Waals surface area contributed by atoms with Crippen LogP contribution in [0.15, 0.2) is 69.3 Å². The van der Waals surface area contributed by atoms with Crippen LogP contribution in [0.5, 0.6) is 0 Å². The summed E-state index contributed by atoms with van der Waals surface area (Å²) in [4.78, 5) is 13.6. The van der Waals surface area contributed by atoms with Crippen LogP contribution < -0.4 is 5.11 Å². The molecule has 0 radical (unpaired) electrons. The van der Waals surface area contributed by atoms with Crippen LogP contribution >= 0.6 is 0 Å². The van der Waals surface area contributed by atoms with E-state index in [1.165, 1.54) is 55.0 Å². The first-order chi connectivity index (χ1) is 14.1. The van der Waals surface area contributed by atoms with Gasteiger partial charge in [0.1, 0.15) is 10.9 Å². The van der Waals surface area contributed by atoms with Crippen molar-refractivity contribution in [1.29, 1.82) is 0 Å². The summed E-state index contributed by atoms with van der Waals surface area (Å²) in [6, 6.07) is 20.3. The van der Waals surface area contributed by atoms with Crippen molar-refractivity contribution < 1.29 is 9.90 Å². The molecule has 0 spiro atoms. The number of carbonyl (C=O) groups excluding carboxylic acids is 1. The number of carboxylic acid groups (broad SMARTS) is 1. The number of aryl methyl sites for hydroxylation is 6. The van der Waals surface area contributed by atoms with Crippen LogP contribution in [-0.4, -0.2) is 5.97 Å². The predicted octanol–water partition coefficient (Wildman–Crippen LogP) is 5.78. The highest BCUT2D eigenvalue weighted by Crippen LogP contribution is 2.39. The molecule has 0 aliphatic heterocycles. The molecule has 30 heavy (non-hydrogen) atoms. The minimum absolute atomic E-state index is 0.0775. The first kappa shape index (κ1) is 23.8. The van der Waals surface area contributed by atoms with Gasteiger partial charge in [-0.15, -0.1) is 0 Å². The summed E-state index contributed by atoms with van der Waals surface area (Å²) in [5.74, 6) is -0.995. The van der Waals surface area contributed by atoms with E-state index in [1.807, 2.05) is 0 Å². The van der Waals surface area contributed by atoms with Crippen LogP contribution in [0.25, 0.3) is 0 Å². The van der Waals surface area contributed by atoms with Crippen LogP contribution in [0, 0.1) is 41.5 Å². The van der Waals surface area contributed by atoms with Crippen molar-refractivity contribution >= 4 is 16.9 Å². The van der Waals surface area contributed by atoms with E-state index < -0.39 is 5.97 Å². The highest BCUT2D eigenvalue weighted by Gasteiger charge is 2.35. The monoisotopic (exact) mass is 420 g/mol. The Bertz CT molecular complexity index is 919. The lowest BCUT2D eigenvalue weighted by Crippen LogP contribution is -2.19. The van der Waals surface area contributed by atoms with Crippen molar-refractivity contribution in [2.45, 2.75) is 69.6 Å². The van der Waals surface area contributed by atoms with E-state index in [-0.39, 0.29) is 17.3 Å². The molecule has 0 aromatic heterocycles. The molecule has 0 amide bonds. The normalized spacial score (nSPS) is 10.5. The average molecular weight is 421 g/mol. The number of benzene rings is 3. The Kier molecular flexibility index (Phi) is 8.31. The summed E-state index contributed by atoms with van der Waals surface area (Å²) >= 11 is 0. The molecule has 0 aliphatic carbocycles. The Balaban J connectivity index is 0.000000575. The van der Waals surface area contributed by atoms with Crippen molar-refractivity contribution in [3.63, 3.8) is 0 Å². The summed E-state index contributed by atoms with van der Waals surface area (Å²) in [5, 5.41) is 9.26. The Morgan fingerprint density at radius 2 is 1.07 bits per heavy atom. The summed E-state index contributed by atoms with van der Waals surface area (Å²) in [5.41, 5.74) is 8.25. The van der Waals surface area contributed by atoms with Crippen molar-refractivity contribution in [3.05, 3.63) is 88.0 Å². The van der Waals surface area contributed by atoms with Crippen LogP contribution in [0.1, 0.15) is 46.7 Å². The van der Waals surface area contributed by atoms with Gasteiger partial charge in [-0.1, -0.05) is 60.5 Å². The topological polar surface area (TPSA) is 40.1 Å². The highest BCUT2D eigenvalue weighted by atomic mass is 32.2. The van der Waals surface area contributed by atoms with Crippen LogP contribution in [-0.2, 0) is 15.7 Å². The molecule has 0 fully saturated rings. The van der Waals surface area contributed by atoms with Crippen molar-refractivity contribution in [2.75, 3.05) is 0 Å². The number of rotatable bonds is 4. The predicted molar refractivity (Wildman–Crippen MR) is 125 cm³/mol. The van der Waals surface area contributed by atoms with Gasteiger partial charge < -0.3 is 9.90 Å². The van der Waals surface area contributed by atoms with Gasteiger partial charge in [0.05, 0.1) is 0 Å². The van der Waals surface area contributed by atoms with Gasteiger partial charge in [-0.3, -0.25) is 0 Å². The molecule has 0 N–H and O–H groups in total. The second kappa shape index (κ2) is 10.5. The molecule has 0 aliphatic rings. The van der Waals surface area contributed by atoms with E-state index in [0.29, 0.717) is 0 Å². The van der Waals surface area contributed by atoms with Crippen LogP contribution in [0.2, 0.25) is 0 Å². The zero-order chi connectivity index (χ0) is 22.4. The molecule has 3 aromatic rings. The molecular formula is C27H32O2S. The average Bonchev–Trinajstić information content (AvgIpc) is 2.66. The zero-order valence-electron chi connectivity index (χ0n) is 19.1. The van der Waals surface area contributed by atoms with E-state index in [2.05, 4.69) is 96.1 Å². The van der Waals surface area contributed by atoms with E-state index in [0.717, 1.165) is 0 Å². The fourth-order valence-corrected chi connectivity index (χ4v) is 6.50. The third kappa shape index (κ3) is 5.76. The quantitative estimate of drug-likeness (QED) is 0.502. The van der Waals surface area contributed by atoms with Gasteiger partial charge in [0.15, 0.2) is 14.7 Å². The lowest BCUT2D eigenvalue weighted by Gasteiger charge is -2.17. The van der Waals surface area contributed by atoms with Crippen molar-refractivity contribution in [1.82, 2.24) is 0 Å². The molecule has 0 saturated carbocycles. The SMILES string of the molecule is CCC(=O)[O-].Cc1cc(C)c([S+](c2ccccc2)c2c(C)cc(C)cc2C)c(C)c1. The zero-order valence-corrected chi connectivity index (χ0v) is 19.9. The molecule has 2 nitrogen and oxygen atoms in total. The number of hydrogen-bond acceptors (Lipinski definition) is 2. The molecule has 0 unspecified atom stereocenters. The molecule has 0 heterocycles. The summed E-state index contributed by atoms with van der Waals surface area (Å²) in [6.45, 7) is 15.0. The Morgan fingerprint density at radius 3 is 1.37 bits per heavy atom. The molecule has 158 valence electrons. The maximum atomic E-state index is 9.26. The lowest BCUT2D eigenvalue weighted by molar-refractivity contribution is -0.305. The summed E-state index contributed by atoms with van der Waals surface area (Å²) in [7, 11) is -0.0775. The Labute approximate surface area is 184 Å². The van der Waals surface area contributed by atoms with Crippen molar-refractivity contribution in [3.8, 4) is 0 Å². The van der Waals surface area contributed by atoms with E-state index >= 15 is 0 Å². The second-order valence-corrected chi connectivity index (χ2v) is 9.70. The molecule has 0 saturated heterocycles. The third-order valence-electron chi connectivity index (χ3n) is 4.89. The largest absolute Gasteiger partial charge is 0.550 e. The second-order valence-electron chi connectivity index (χ2n) is 7.80. The van der Waals surface area contributed by atoms with Gasteiger partial charge in [0.2, 0.25) is 0 Å². The molecule has 0 bridgehead atoms. The van der Waals surface area contributed by atoms with Gasteiger partial charge >= 0.3 is 0 Å². The molecular weight excluding hydrogens is 388 g/mol. The third-order valence-corrected chi connectivity index (χ3v) is 7.73. The fraction of sp³-hybridized carbons (Fsp3) is 0.296.